The third-order valence-corrected chi connectivity index (χ3v) is 1.91. The van der Waals surface area contributed by atoms with Gasteiger partial charge in [0.05, 0.1) is 0 Å². The molecule has 0 saturated carbocycles. The molecule has 1 rings (SSSR count). The van der Waals surface area contributed by atoms with Crippen LogP contribution in [0.3, 0.4) is 0 Å². The zero-order chi connectivity index (χ0) is 9.84. The quantitative estimate of drug-likeness (QED) is 0.470. The Morgan fingerprint density at radius 1 is 1.54 bits per heavy atom. The minimum atomic E-state index is -0.975. The highest BCUT2D eigenvalue weighted by atomic mass is 16.4. The third kappa shape index (κ3) is 2.05. The van der Waals surface area contributed by atoms with Gasteiger partial charge < -0.3 is 5.11 Å². The second kappa shape index (κ2) is 4.02. The number of hydrogen-bond donors (Lipinski definition) is 3. The van der Waals surface area contributed by atoms with Crippen molar-refractivity contribution in [2.24, 2.45) is 5.84 Å². The zero-order valence-electron chi connectivity index (χ0n) is 7.32. The van der Waals surface area contributed by atoms with Crippen LogP contribution >= 0.6 is 0 Å². The largest absolute Gasteiger partial charge is 0.480 e. The van der Waals surface area contributed by atoms with Crippen LogP contribution in [0.4, 0.5) is 0 Å². The molecule has 0 fully saturated rings. The molecule has 1 unspecified atom stereocenters. The van der Waals surface area contributed by atoms with E-state index in [-0.39, 0.29) is 0 Å². The summed E-state index contributed by atoms with van der Waals surface area (Å²) in [6.07, 6.45) is 0. The van der Waals surface area contributed by atoms with Gasteiger partial charge in [-0.25, -0.2) is 5.43 Å². The van der Waals surface area contributed by atoms with E-state index in [9.17, 15) is 4.79 Å². The van der Waals surface area contributed by atoms with E-state index in [1.165, 1.54) is 0 Å². The first-order chi connectivity index (χ1) is 6.16. The predicted octanol–water partition coefficient (Wildman–Crippen LogP) is 0.584. The highest BCUT2D eigenvalue weighted by Crippen LogP contribution is 2.16. The topological polar surface area (TPSA) is 75.3 Å². The second-order valence-electron chi connectivity index (χ2n) is 2.79. The van der Waals surface area contributed by atoms with Crippen molar-refractivity contribution in [3.8, 4) is 0 Å². The van der Waals surface area contributed by atoms with Gasteiger partial charge in [-0.15, -0.1) is 0 Å². The summed E-state index contributed by atoms with van der Waals surface area (Å²) in [5, 5.41) is 8.81. The number of carboxylic acids is 1. The SMILES string of the molecule is Cc1ccccc1C(NN)C(=O)O. The number of benzene rings is 1. The number of hydrogen-bond acceptors (Lipinski definition) is 3. The average molecular weight is 180 g/mol. The molecule has 0 saturated heterocycles. The lowest BCUT2D eigenvalue weighted by Crippen LogP contribution is -2.34. The van der Waals surface area contributed by atoms with E-state index in [4.69, 9.17) is 10.9 Å². The van der Waals surface area contributed by atoms with Gasteiger partial charge in [-0.05, 0) is 18.1 Å². The van der Waals surface area contributed by atoms with Crippen molar-refractivity contribution in [2.75, 3.05) is 0 Å². The molecule has 1 aromatic rings. The maximum Gasteiger partial charge on any atom is 0.326 e. The summed E-state index contributed by atoms with van der Waals surface area (Å²) in [5.74, 6) is 4.17. The van der Waals surface area contributed by atoms with E-state index in [1.54, 1.807) is 12.1 Å². The van der Waals surface area contributed by atoms with E-state index in [2.05, 4.69) is 5.43 Å². The summed E-state index contributed by atoms with van der Waals surface area (Å²) < 4.78 is 0. The molecular weight excluding hydrogens is 168 g/mol. The zero-order valence-corrected chi connectivity index (χ0v) is 7.32. The third-order valence-electron chi connectivity index (χ3n) is 1.91. The first kappa shape index (κ1) is 9.70. The fourth-order valence-electron chi connectivity index (χ4n) is 1.20. The summed E-state index contributed by atoms with van der Waals surface area (Å²) in [7, 11) is 0. The Hall–Kier alpha value is -1.39. The monoisotopic (exact) mass is 180 g/mol. The number of nitrogens with one attached hydrogen (secondary N) is 1. The van der Waals surface area contributed by atoms with Gasteiger partial charge in [-0.1, -0.05) is 24.3 Å². The molecule has 0 aliphatic rings. The number of nitrogens with two attached hydrogens (primary N) is 1. The van der Waals surface area contributed by atoms with Gasteiger partial charge in [-0.3, -0.25) is 10.6 Å². The van der Waals surface area contributed by atoms with Gasteiger partial charge in [-0.2, -0.15) is 0 Å². The number of rotatable bonds is 3. The molecular formula is C9H12N2O2. The van der Waals surface area contributed by atoms with Crippen molar-refractivity contribution >= 4 is 5.97 Å². The maximum atomic E-state index is 10.7. The molecule has 0 amide bonds. The van der Waals surface area contributed by atoms with Crippen LogP contribution in [0, 0.1) is 6.92 Å². The molecule has 70 valence electrons. The lowest BCUT2D eigenvalue weighted by atomic mass is 10.0. The van der Waals surface area contributed by atoms with E-state index < -0.39 is 12.0 Å². The van der Waals surface area contributed by atoms with Gasteiger partial charge in [0.15, 0.2) is 0 Å². The summed E-state index contributed by atoms with van der Waals surface area (Å²) in [6.45, 7) is 1.85. The molecule has 0 heterocycles. The number of aryl methyl sites for hydroxylation is 1. The summed E-state index contributed by atoms with van der Waals surface area (Å²) in [4.78, 5) is 10.7. The first-order valence-corrected chi connectivity index (χ1v) is 3.91. The van der Waals surface area contributed by atoms with Gasteiger partial charge in [0, 0.05) is 0 Å². The van der Waals surface area contributed by atoms with Crippen LogP contribution in [0.25, 0.3) is 0 Å². The molecule has 0 radical (unpaired) electrons. The van der Waals surface area contributed by atoms with E-state index in [0.717, 1.165) is 5.56 Å². The van der Waals surface area contributed by atoms with Crippen LogP contribution in [-0.4, -0.2) is 11.1 Å². The minimum Gasteiger partial charge on any atom is -0.480 e. The first-order valence-electron chi connectivity index (χ1n) is 3.91. The molecule has 13 heavy (non-hydrogen) atoms. The van der Waals surface area contributed by atoms with Crippen LogP contribution < -0.4 is 11.3 Å². The normalized spacial score (nSPS) is 12.5. The van der Waals surface area contributed by atoms with Gasteiger partial charge in [0.2, 0.25) is 0 Å². The molecule has 0 aliphatic heterocycles. The van der Waals surface area contributed by atoms with Crippen LogP contribution in [0.5, 0.6) is 0 Å². The molecule has 4 nitrogen and oxygen atoms in total. The molecule has 4 heteroatoms. The lowest BCUT2D eigenvalue weighted by molar-refractivity contribution is -0.139. The fourth-order valence-corrected chi connectivity index (χ4v) is 1.20. The number of aliphatic carboxylic acids is 1. The number of carbonyl (C=O) groups is 1. The highest BCUT2D eigenvalue weighted by molar-refractivity contribution is 5.75. The van der Waals surface area contributed by atoms with Gasteiger partial charge in [0.1, 0.15) is 6.04 Å². The Morgan fingerprint density at radius 2 is 2.15 bits per heavy atom. The summed E-state index contributed by atoms with van der Waals surface area (Å²) in [6, 6.07) is 6.40. The minimum absolute atomic E-state index is 0.692. The van der Waals surface area contributed by atoms with Crippen molar-refractivity contribution in [3.63, 3.8) is 0 Å². The fraction of sp³-hybridized carbons (Fsp3) is 0.222. The Labute approximate surface area is 76.3 Å². The van der Waals surface area contributed by atoms with Crippen molar-refractivity contribution in [2.45, 2.75) is 13.0 Å². The van der Waals surface area contributed by atoms with Crippen molar-refractivity contribution < 1.29 is 9.90 Å². The number of hydrazine groups is 1. The van der Waals surface area contributed by atoms with Crippen LogP contribution in [0.15, 0.2) is 24.3 Å². The number of carboxylic acid groups (broad SMARTS) is 1. The predicted molar refractivity (Wildman–Crippen MR) is 48.9 cm³/mol. The van der Waals surface area contributed by atoms with Crippen molar-refractivity contribution in [1.29, 1.82) is 0 Å². The molecule has 4 N–H and O–H groups in total. The Balaban J connectivity index is 3.04. The Kier molecular flexibility index (Phi) is 3.00. The van der Waals surface area contributed by atoms with E-state index in [0.29, 0.717) is 5.56 Å². The molecule has 1 aromatic carbocycles. The Bertz CT molecular complexity index is 312. The molecule has 0 bridgehead atoms. The summed E-state index contributed by atoms with van der Waals surface area (Å²) in [5.41, 5.74) is 3.86. The van der Waals surface area contributed by atoms with Gasteiger partial charge in [0.25, 0.3) is 0 Å². The van der Waals surface area contributed by atoms with Crippen molar-refractivity contribution in [1.82, 2.24) is 5.43 Å². The average Bonchev–Trinajstić information content (AvgIpc) is 2.09. The smallest absolute Gasteiger partial charge is 0.326 e. The van der Waals surface area contributed by atoms with E-state index in [1.807, 2.05) is 19.1 Å². The van der Waals surface area contributed by atoms with Crippen LogP contribution in [-0.2, 0) is 4.79 Å². The maximum absolute atomic E-state index is 10.7. The standard InChI is InChI=1S/C9H12N2O2/c1-6-4-2-3-5-7(6)8(11-10)9(12)13/h2-5,8,11H,10H2,1H3,(H,12,13). The van der Waals surface area contributed by atoms with Crippen LogP contribution in [0.1, 0.15) is 17.2 Å². The molecule has 0 aromatic heterocycles. The highest BCUT2D eigenvalue weighted by Gasteiger charge is 2.18. The van der Waals surface area contributed by atoms with Gasteiger partial charge >= 0.3 is 5.97 Å². The lowest BCUT2D eigenvalue weighted by Gasteiger charge is -2.13. The molecule has 0 spiro atoms. The summed E-state index contributed by atoms with van der Waals surface area (Å²) >= 11 is 0. The van der Waals surface area contributed by atoms with Crippen LogP contribution in [0.2, 0.25) is 0 Å². The van der Waals surface area contributed by atoms with E-state index >= 15 is 0 Å². The second-order valence-corrected chi connectivity index (χ2v) is 2.79. The molecule has 1 atom stereocenters. The Morgan fingerprint density at radius 3 is 2.62 bits per heavy atom. The molecule has 0 aliphatic carbocycles. The van der Waals surface area contributed by atoms with Crippen molar-refractivity contribution in [3.05, 3.63) is 35.4 Å².